The fraction of sp³-hybridized carbons (Fsp3) is 0.714. The first-order valence-corrected chi connectivity index (χ1v) is 3.89. The Kier molecular flexibility index (Phi) is 2.60. The molecule has 6 nitrogen and oxygen atoms in total. The van der Waals surface area contributed by atoms with Gasteiger partial charge >= 0.3 is 12.2 Å². The highest BCUT2D eigenvalue weighted by atomic mass is 16.6. The van der Waals surface area contributed by atoms with Crippen LogP contribution >= 0.6 is 0 Å². The van der Waals surface area contributed by atoms with E-state index in [0.29, 0.717) is 0 Å². The summed E-state index contributed by atoms with van der Waals surface area (Å²) in [5, 5.41) is 0. The van der Waals surface area contributed by atoms with E-state index in [1.165, 1.54) is 0 Å². The number of carbonyl (C=O) groups is 2. The smallest absolute Gasteiger partial charge is 0.404 e. The van der Waals surface area contributed by atoms with Crippen molar-refractivity contribution in [3.05, 3.63) is 0 Å². The van der Waals surface area contributed by atoms with Gasteiger partial charge in [0.2, 0.25) is 0 Å². The van der Waals surface area contributed by atoms with Crippen LogP contribution in [0.2, 0.25) is 0 Å². The van der Waals surface area contributed by atoms with E-state index in [0.717, 1.165) is 12.8 Å². The topological polar surface area (TPSA) is 105 Å². The van der Waals surface area contributed by atoms with Crippen LogP contribution in [0.15, 0.2) is 0 Å². The molecule has 0 aromatic heterocycles. The van der Waals surface area contributed by atoms with E-state index < -0.39 is 12.2 Å². The van der Waals surface area contributed by atoms with Crippen molar-refractivity contribution in [3.8, 4) is 0 Å². The highest BCUT2D eigenvalue weighted by Gasteiger charge is 2.45. The predicted molar refractivity (Wildman–Crippen MR) is 42.7 cm³/mol. The molecule has 0 unspecified atom stereocenters. The number of hydrogen-bond donors (Lipinski definition) is 2. The molecule has 0 saturated heterocycles. The minimum absolute atomic E-state index is 0.190. The molecule has 0 aliphatic heterocycles. The lowest BCUT2D eigenvalue weighted by atomic mass is 10.1. The molecule has 0 heterocycles. The largest absolute Gasteiger partial charge is 0.449 e. The SMILES string of the molecule is NC(=O)OCC1(COC(N)=O)CC1. The lowest BCUT2D eigenvalue weighted by Gasteiger charge is -2.13. The molecule has 6 heteroatoms. The quantitative estimate of drug-likeness (QED) is 0.645. The van der Waals surface area contributed by atoms with E-state index in [4.69, 9.17) is 11.5 Å². The van der Waals surface area contributed by atoms with Crippen LogP contribution in [-0.4, -0.2) is 25.4 Å². The third-order valence-electron chi connectivity index (χ3n) is 2.00. The van der Waals surface area contributed by atoms with Gasteiger partial charge in [-0.25, -0.2) is 9.59 Å². The van der Waals surface area contributed by atoms with Crippen LogP contribution in [0.3, 0.4) is 0 Å². The van der Waals surface area contributed by atoms with Crippen LogP contribution in [0.5, 0.6) is 0 Å². The third-order valence-corrected chi connectivity index (χ3v) is 2.00. The third kappa shape index (κ3) is 3.18. The standard InChI is InChI=1S/C7H12N2O4/c8-5(10)12-3-7(1-2-7)4-13-6(9)11/h1-4H2,(H2,8,10)(H2,9,11). The summed E-state index contributed by atoms with van der Waals surface area (Å²) in [6.45, 7) is 0.380. The molecule has 1 fully saturated rings. The summed E-state index contributed by atoms with van der Waals surface area (Å²) < 4.78 is 9.22. The Morgan fingerprint density at radius 3 is 1.69 bits per heavy atom. The Labute approximate surface area is 75.2 Å². The Morgan fingerprint density at radius 1 is 1.08 bits per heavy atom. The number of nitrogens with two attached hydrogens (primary N) is 2. The van der Waals surface area contributed by atoms with E-state index >= 15 is 0 Å². The van der Waals surface area contributed by atoms with E-state index in [1.807, 2.05) is 0 Å². The van der Waals surface area contributed by atoms with Crippen molar-refractivity contribution in [2.45, 2.75) is 12.8 Å². The Hall–Kier alpha value is -1.46. The summed E-state index contributed by atoms with van der Waals surface area (Å²) in [7, 11) is 0. The van der Waals surface area contributed by atoms with Gasteiger partial charge in [-0.15, -0.1) is 0 Å². The molecule has 0 aromatic carbocycles. The molecule has 4 N–H and O–H groups in total. The van der Waals surface area contributed by atoms with Gasteiger partial charge in [0, 0.05) is 5.41 Å². The van der Waals surface area contributed by atoms with Gasteiger partial charge in [0.05, 0.1) is 0 Å². The molecule has 0 atom stereocenters. The van der Waals surface area contributed by atoms with Crippen LogP contribution in [0.4, 0.5) is 9.59 Å². The molecular formula is C7H12N2O4. The number of carbonyl (C=O) groups excluding carboxylic acids is 2. The number of primary amides is 2. The fourth-order valence-corrected chi connectivity index (χ4v) is 0.956. The molecule has 0 bridgehead atoms. The van der Waals surface area contributed by atoms with Gasteiger partial charge in [-0.3, -0.25) is 0 Å². The maximum atomic E-state index is 10.3. The maximum Gasteiger partial charge on any atom is 0.404 e. The summed E-state index contributed by atoms with van der Waals surface area (Å²) in [6, 6.07) is 0. The van der Waals surface area contributed by atoms with Crippen LogP contribution in [0.1, 0.15) is 12.8 Å². The number of rotatable bonds is 4. The zero-order valence-electron chi connectivity index (χ0n) is 7.12. The van der Waals surface area contributed by atoms with Crippen LogP contribution in [0.25, 0.3) is 0 Å². The zero-order valence-corrected chi connectivity index (χ0v) is 7.12. The van der Waals surface area contributed by atoms with Crippen molar-refractivity contribution < 1.29 is 19.1 Å². The number of ether oxygens (including phenoxy) is 2. The molecule has 1 saturated carbocycles. The van der Waals surface area contributed by atoms with Crippen molar-refractivity contribution in [1.82, 2.24) is 0 Å². The summed E-state index contributed by atoms with van der Waals surface area (Å²) >= 11 is 0. The molecule has 0 radical (unpaired) electrons. The Bertz CT molecular complexity index is 205. The summed E-state index contributed by atoms with van der Waals surface area (Å²) in [4.78, 5) is 20.6. The molecule has 0 aromatic rings. The second-order valence-corrected chi connectivity index (χ2v) is 3.22. The van der Waals surface area contributed by atoms with Crippen molar-refractivity contribution in [1.29, 1.82) is 0 Å². The first-order valence-electron chi connectivity index (χ1n) is 3.89. The molecule has 1 rings (SSSR count). The molecule has 74 valence electrons. The van der Waals surface area contributed by atoms with Gasteiger partial charge in [0.15, 0.2) is 0 Å². The first kappa shape index (κ1) is 9.63. The molecule has 1 aliphatic rings. The lowest BCUT2D eigenvalue weighted by Crippen LogP contribution is -2.25. The summed E-state index contributed by atoms with van der Waals surface area (Å²) in [5.74, 6) is 0. The summed E-state index contributed by atoms with van der Waals surface area (Å²) in [5.41, 5.74) is 9.35. The van der Waals surface area contributed by atoms with Gasteiger partial charge in [-0.2, -0.15) is 0 Å². The van der Waals surface area contributed by atoms with Crippen molar-refractivity contribution >= 4 is 12.2 Å². The Morgan fingerprint density at radius 2 is 1.46 bits per heavy atom. The minimum atomic E-state index is -0.814. The van der Waals surface area contributed by atoms with E-state index in [9.17, 15) is 9.59 Å². The molecule has 0 spiro atoms. The normalized spacial score (nSPS) is 17.5. The number of hydrogen-bond acceptors (Lipinski definition) is 4. The monoisotopic (exact) mass is 188 g/mol. The summed E-state index contributed by atoms with van der Waals surface area (Å²) in [6.07, 6.45) is 0.0805. The Balaban J connectivity index is 2.22. The average molecular weight is 188 g/mol. The zero-order chi connectivity index (χ0) is 9.90. The highest BCUT2D eigenvalue weighted by Crippen LogP contribution is 2.45. The molecule has 2 amide bonds. The molecular weight excluding hydrogens is 176 g/mol. The van der Waals surface area contributed by atoms with Crippen LogP contribution in [-0.2, 0) is 9.47 Å². The van der Waals surface area contributed by atoms with Crippen LogP contribution in [0, 0.1) is 5.41 Å². The predicted octanol–water partition coefficient (Wildman–Crippen LogP) is -0.0428. The lowest BCUT2D eigenvalue weighted by molar-refractivity contribution is 0.0838. The molecule has 13 heavy (non-hydrogen) atoms. The van der Waals surface area contributed by atoms with Gasteiger partial charge in [0.25, 0.3) is 0 Å². The fourth-order valence-electron chi connectivity index (χ4n) is 0.956. The van der Waals surface area contributed by atoms with Crippen molar-refractivity contribution in [2.24, 2.45) is 16.9 Å². The van der Waals surface area contributed by atoms with Crippen LogP contribution < -0.4 is 11.5 Å². The van der Waals surface area contributed by atoms with E-state index in [-0.39, 0.29) is 18.6 Å². The van der Waals surface area contributed by atoms with Crippen molar-refractivity contribution in [2.75, 3.05) is 13.2 Å². The van der Waals surface area contributed by atoms with Gasteiger partial charge < -0.3 is 20.9 Å². The van der Waals surface area contributed by atoms with E-state index in [1.54, 1.807) is 0 Å². The van der Waals surface area contributed by atoms with Gasteiger partial charge in [-0.1, -0.05) is 0 Å². The minimum Gasteiger partial charge on any atom is -0.449 e. The second kappa shape index (κ2) is 3.51. The number of amides is 2. The van der Waals surface area contributed by atoms with Crippen molar-refractivity contribution in [3.63, 3.8) is 0 Å². The van der Waals surface area contributed by atoms with Gasteiger partial charge in [-0.05, 0) is 12.8 Å². The second-order valence-electron chi connectivity index (χ2n) is 3.22. The van der Waals surface area contributed by atoms with E-state index in [2.05, 4.69) is 9.47 Å². The molecule has 1 aliphatic carbocycles. The first-order chi connectivity index (χ1) is 6.04. The maximum absolute atomic E-state index is 10.3. The average Bonchev–Trinajstić information content (AvgIpc) is 2.78. The van der Waals surface area contributed by atoms with Gasteiger partial charge in [0.1, 0.15) is 13.2 Å². The highest BCUT2D eigenvalue weighted by molar-refractivity contribution is 5.65.